The number of carbonyl (C=O) groups excluding carboxylic acids is 1. The molecule has 162 valence electrons. The van der Waals surface area contributed by atoms with Crippen molar-refractivity contribution in [3.05, 3.63) is 70.9 Å². The van der Waals surface area contributed by atoms with E-state index in [2.05, 4.69) is 10.4 Å². The van der Waals surface area contributed by atoms with Crippen LogP contribution in [0.4, 0.5) is 14.5 Å². The monoisotopic (exact) mass is 445 g/mol. The molecule has 1 fully saturated rings. The van der Waals surface area contributed by atoms with Gasteiger partial charge in [0.05, 0.1) is 23.2 Å². The SMILES string of the molecule is Cc1ccc(-c2cc(C(=O)Nc3ccc(F)c(F)c3)nn2[C@@H]2CCS(=O)(=O)C2)cc1C. The van der Waals surface area contributed by atoms with Gasteiger partial charge < -0.3 is 5.32 Å². The molecule has 0 bridgehead atoms. The Morgan fingerprint density at radius 2 is 1.84 bits per heavy atom. The molecule has 2 aromatic carbocycles. The van der Waals surface area contributed by atoms with Crippen molar-refractivity contribution in [2.45, 2.75) is 26.3 Å². The average molecular weight is 445 g/mol. The Hall–Kier alpha value is -3.07. The summed E-state index contributed by atoms with van der Waals surface area (Å²) in [5, 5.41) is 6.90. The molecule has 4 rings (SSSR count). The molecule has 1 aromatic heterocycles. The molecule has 1 aliphatic rings. The van der Waals surface area contributed by atoms with Gasteiger partial charge in [-0.25, -0.2) is 17.2 Å². The van der Waals surface area contributed by atoms with E-state index in [1.165, 1.54) is 6.07 Å². The minimum atomic E-state index is -3.16. The molecule has 3 aromatic rings. The number of nitrogens with zero attached hydrogens (tertiary/aromatic N) is 2. The number of carbonyl (C=O) groups is 1. The third kappa shape index (κ3) is 4.36. The third-order valence-corrected chi connectivity index (χ3v) is 7.25. The number of hydrogen-bond acceptors (Lipinski definition) is 4. The van der Waals surface area contributed by atoms with Crippen LogP contribution < -0.4 is 5.32 Å². The van der Waals surface area contributed by atoms with E-state index < -0.39 is 27.4 Å². The molecule has 0 radical (unpaired) electrons. The molecule has 1 amide bonds. The molecule has 31 heavy (non-hydrogen) atoms. The van der Waals surface area contributed by atoms with Gasteiger partial charge in [0.2, 0.25) is 0 Å². The molecule has 9 heteroatoms. The van der Waals surface area contributed by atoms with Gasteiger partial charge in [-0.1, -0.05) is 12.1 Å². The normalized spacial score (nSPS) is 17.6. The van der Waals surface area contributed by atoms with Crippen molar-refractivity contribution in [1.29, 1.82) is 0 Å². The van der Waals surface area contributed by atoms with Crippen LogP contribution in [0.15, 0.2) is 42.5 Å². The van der Waals surface area contributed by atoms with Gasteiger partial charge in [0.1, 0.15) is 0 Å². The summed E-state index contributed by atoms with van der Waals surface area (Å²) >= 11 is 0. The number of halogens is 2. The number of benzene rings is 2. The summed E-state index contributed by atoms with van der Waals surface area (Å²) in [5.74, 6) is -2.66. The van der Waals surface area contributed by atoms with Crippen LogP contribution in [-0.4, -0.2) is 35.6 Å². The Labute approximate surface area is 178 Å². The van der Waals surface area contributed by atoms with Crippen molar-refractivity contribution < 1.29 is 22.0 Å². The molecule has 2 heterocycles. The highest BCUT2D eigenvalue weighted by Gasteiger charge is 2.32. The number of nitrogens with one attached hydrogen (secondary N) is 1. The zero-order chi connectivity index (χ0) is 22.3. The van der Waals surface area contributed by atoms with E-state index >= 15 is 0 Å². The first-order chi connectivity index (χ1) is 14.6. The van der Waals surface area contributed by atoms with Gasteiger partial charge in [-0.2, -0.15) is 5.10 Å². The molecule has 1 saturated heterocycles. The van der Waals surface area contributed by atoms with Crippen LogP contribution in [0.25, 0.3) is 11.3 Å². The highest BCUT2D eigenvalue weighted by Crippen LogP contribution is 2.31. The highest BCUT2D eigenvalue weighted by atomic mass is 32.2. The van der Waals surface area contributed by atoms with Crippen molar-refractivity contribution in [1.82, 2.24) is 9.78 Å². The molecule has 0 spiro atoms. The van der Waals surface area contributed by atoms with E-state index in [0.29, 0.717) is 12.1 Å². The molecule has 6 nitrogen and oxygen atoms in total. The maximum atomic E-state index is 13.5. The molecule has 0 aliphatic carbocycles. The van der Waals surface area contributed by atoms with Gasteiger partial charge in [-0.3, -0.25) is 9.48 Å². The Balaban J connectivity index is 1.72. The minimum Gasteiger partial charge on any atom is -0.320 e. The lowest BCUT2D eigenvalue weighted by Crippen LogP contribution is -2.16. The minimum absolute atomic E-state index is 0.0449. The summed E-state index contributed by atoms with van der Waals surface area (Å²) in [4.78, 5) is 12.7. The second-order valence-electron chi connectivity index (χ2n) is 7.80. The average Bonchev–Trinajstić information content (AvgIpc) is 3.30. The fraction of sp³-hybridized carbons (Fsp3) is 0.273. The first kappa shape index (κ1) is 21.2. The van der Waals surface area contributed by atoms with E-state index in [4.69, 9.17) is 0 Å². The Kier molecular flexibility index (Phi) is 5.38. The lowest BCUT2D eigenvalue weighted by atomic mass is 10.0. The lowest BCUT2D eigenvalue weighted by molar-refractivity contribution is 0.102. The Morgan fingerprint density at radius 3 is 2.48 bits per heavy atom. The van der Waals surface area contributed by atoms with E-state index in [9.17, 15) is 22.0 Å². The molecule has 0 unspecified atom stereocenters. The fourth-order valence-corrected chi connectivity index (χ4v) is 5.33. The number of sulfone groups is 1. The Bertz CT molecular complexity index is 1290. The first-order valence-corrected chi connectivity index (χ1v) is 11.6. The van der Waals surface area contributed by atoms with Crippen LogP contribution in [0.3, 0.4) is 0 Å². The molecule has 1 atom stereocenters. The lowest BCUT2D eigenvalue weighted by Gasteiger charge is -2.14. The van der Waals surface area contributed by atoms with E-state index in [0.717, 1.165) is 28.8 Å². The summed E-state index contributed by atoms with van der Waals surface area (Å²) in [6.07, 6.45) is 0.409. The number of rotatable bonds is 4. The van der Waals surface area contributed by atoms with E-state index in [1.807, 2.05) is 32.0 Å². The Morgan fingerprint density at radius 1 is 1.06 bits per heavy atom. The quantitative estimate of drug-likeness (QED) is 0.657. The summed E-state index contributed by atoms with van der Waals surface area (Å²) in [6.45, 7) is 3.96. The predicted octanol–water partition coefficient (Wildman–Crippen LogP) is 4.06. The van der Waals surface area contributed by atoms with Crippen LogP contribution in [0.1, 0.15) is 34.1 Å². The topological polar surface area (TPSA) is 81.1 Å². The first-order valence-electron chi connectivity index (χ1n) is 9.77. The largest absolute Gasteiger partial charge is 0.320 e. The van der Waals surface area contributed by atoms with Crippen LogP contribution in [-0.2, 0) is 9.84 Å². The van der Waals surface area contributed by atoms with Crippen molar-refractivity contribution in [3.8, 4) is 11.3 Å². The molecular formula is C22H21F2N3O3S. The molecule has 0 saturated carbocycles. The number of aromatic nitrogens is 2. The summed E-state index contributed by atoms with van der Waals surface area (Å²) in [5.41, 5.74) is 3.75. The second-order valence-corrected chi connectivity index (χ2v) is 10.0. The predicted molar refractivity (Wildman–Crippen MR) is 114 cm³/mol. The van der Waals surface area contributed by atoms with Crippen LogP contribution >= 0.6 is 0 Å². The highest BCUT2D eigenvalue weighted by molar-refractivity contribution is 7.91. The van der Waals surface area contributed by atoms with E-state index in [-0.39, 0.29) is 28.9 Å². The number of hydrogen-bond donors (Lipinski definition) is 1. The maximum absolute atomic E-state index is 13.5. The van der Waals surface area contributed by atoms with Crippen molar-refractivity contribution in [2.24, 2.45) is 0 Å². The number of anilines is 1. The van der Waals surface area contributed by atoms with Gasteiger partial charge in [-0.05, 0) is 55.7 Å². The zero-order valence-corrected chi connectivity index (χ0v) is 17.8. The maximum Gasteiger partial charge on any atom is 0.276 e. The number of aryl methyl sites for hydroxylation is 2. The van der Waals surface area contributed by atoms with Crippen molar-refractivity contribution in [3.63, 3.8) is 0 Å². The summed E-state index contributed by atoms with van der Waals surface area (Å²) in [7, 11) is -3.16. The third-order valence-electron chi connectivity index (χ3n) is 5.50. The smallest absolute Gasteiger partial charge is 0.276 e. The zero-order valence-electron chi connectivity index (χ0n) is 17.0. The number of amides is 1. The van der Waals surface area contributed by atoms with Gasteiger partial charge >= 0.3 is 0 Å². The summed E-state index contributed by atoms with van der Waals surface area (Å²) < 4.78 is 52.2. The van der Waals surface area contributed by atoms with Gasteiger partial charge in [0, 0.05) is 17.3 Å². The molecule has 1 aliphatic heterocycles. The van der Waals surface area contributed by atoms with Crippen molar-refractivity contribution >= 4 is 21.4 Å². The fourth-order valence-electron chi connectivity index (χ4n) is 3.64. The standard InChI is InChI=1S/C22H21F2N3O3S/c1-13-3-4-15(9-14(13)2)21-11-20(26-27(21)17-7-8-31(29,30)12-17)22(28)25-16-5-6-18(23)19(24)10-16/h3-6,9-11,17H,7-8,12H2,1-2H3,(H,25,28)/t17-/m1/s1. The van der Waals surface area contributed by atoms with Gasteiger partial charge in [0.15, 0.2) is 27.2 Å². The van der Waals surface area contributed by atoms with Gasteiger partial charge in [-0.15, -0.1) is 0 Å². The van der Waals surface area contributed by atoms with Crippen molar-refractivity contribution in [2.75, 3.05) is 16.8 Å². The molecule has 1 N–H and O–H groups in total. The van der Waals surface area contributed by atoms with E-state index in [1.54, 1.807) is 10.7 Å². The van der Waals surface area contributed by atoms with Crippen LogP contribution in [0, 0.1) is 25.5 Å². The van der Waals surface area contributed by atoms with Gasteiger partial charge in [0.25, 0.3) is 5.91 Å². The van der Waals surface area contributed by atoms with Crippen LogP contribution in [0.2, 0.25) is 0 Å². The van der Waals surface area contributed by atoms with Crippen LogP contribution in [0.5, 0.6) is 0 Å². The molecular weight excluding hydrogens is 424 g/mol. The summed E-state index contributed by atoms with van der Waals surface area (Å²) in [6, 6.07) is 10.1. The second kappa shape index (κ2) is 7.88.